The second-order valence-corrected chi connectivity index (χ2v) is 4.77. The highest BCUT2D eigenvalue weighted by molar-refractivity contribution is 7.10. The van der Waals surface area contributed by atoms with Crippen molar-refractivity contribution in [3.8, 4) is 0 Å². The molecule has 0 saturated heterocycles. The van der Waals surface area contributed by atoms with Crippen LogP contribution in [0.4, 0.5) is 0 Å². The van der Waals surface area contributed by atoms with Gasteiger partial charge in [0.05, 0.1) is 17.2 Å². The van der Waals surface area contributed by atoms with Gasteiger partial charge in [-0.1, -0.05) is 0 Å². The smallest absolute Gasteiger partial charge is 0.0853 e. The first-order valence-electron chi connectivity index (χ1n) is 4.42. The summed E-state index contributed by atoms with van der Waals surface area (Å²) >= 11 is 3.42. The molecule has 2 rings (SSSR count). The maximum absolute atomic E-state index is 4.35. The van der Waals surface area contributed by atoms with E-state index in [-0.39, 0.29) is 6.04 Å². The maximum atomic E-state index is 4.35. The van der Waals surface area contributed by atoms with Crippen molar-refractivity contribution in [1.29, 1.82) is 0 Å². The molecule has 0 saturated carbocycles. The predicted octanol–water partition coefficient (Wildman–Crippen LogP) is 2.82. The molecule has 0 amide bonds. The zero-order valence-corrected chi connectivity index (χ0v) is 9.78. The summed E-state index contributed by atoms with van der Waals surface area (Å²) in [6, 6.07) is 2.40. The fourth-order valence-electron chi connectivity index (χ4n) is 1.46. The molecule has 2 aromatic heterocycles. The van der Waals surface area contributed by atoms with Gasteiger partial charge in [0.15, 0.2) is 0 Å². The maximum Gasteiger partial charge on any atom is 0.0853 e. The minimum atomic E-state index is 0.251. The summed E-state index contributed by atoms with van der Waals surface area (Å²) in [4.78, 5) is 5.71. The number of nitrogens with one attached hydrogen (secondary N) is 1. The molecule has 0 aliphatic carbocycles. The van der Waals surface area contributed by atoms with Gasteiger partial charge >= 0.3 is 0 Å². The van der Waals surface area contributed by atoms with Crippen LogP contribution in [0.25, 0.3) is 0 Å². The minimum Gasteiger partial charge on any atom is -0.307 e. The van der Waals surface area contributed by atoms with E-state index in [1.54, 1.807) is 22.7 Å². The number of thiophene rings is 1. The van der Waals surface area contributed by atoms with Gasteiger partial charge in [-0.15, -0.1) is 22.7 Å². The molecule has 2 heterocycles. The number of nitrogens with zero attached hydrogens (tertiary/aromatic N) is 1. The van der Waals surface area contributed by atoms with Crippen LogP contribution in [0.2, 0.25) is 0 Å². The number of hydrogen-bond acceptors (Lipinski definition) is 4. The first-order chi connectivity index (χ1) is 6.83. The average molecular weight is 224 g/mol. The van der Waals surface area contributed by atoms with Crippen LogP contribution in [0.3, 0.4) is 0 Å². The third-order valence-electron chi connectivity index (χ3n) is 2.20. The van der Waals surface area contributed by atoms with E-state index in [1.807, 2.05) is 12.6 Å². The SMILES string of the molecule is CNC(c1cscn1)c1sccc1C. The zero-order chi connectivity index (χ0) is 9.97. The van der Waals surface area contributed by atoms with Gasteiger partial charge in [-0.3, -0.25) is 0 Å². The molecule has 2 nitrogen and oxygen atoms in total. The second-order valence-electron chi connectivity index (χ2n) is 3.10. The molecular weight excluding hydrogens is 212 g/mol. The molecule has 0 aromatic carbocycles. The van der Waals surface area contributed by atoms with Crippen molar-refractivity contribution in [2.75, 3.05) is 7.05 Å². The highest BCUT2D eigenvalue weighted by atomic mass is 32.1. The van der Waals surface area contributed by atoms with E-state index in [2.05, 4.69) is 34.1 Å². The van der Waals surface area contributed by atoms with E-state index in [0.717, 1.165) is 5.69 Å². The van der Waals surface area contributed by atoms with Crippen LogP contribution in [0.15, 0.2) is 22.3 Å². The quantitative estimate of drug-likeness (QED) is 0.867. The Hall–Kier alpha value is -0.710. The van der Waals surface area contributed by atoms with Gasteiger partial charge in [0.1, 0.15) is 0 Å². The van der Waals surface area contributed by atoms with Crippen molar-refractivity contribution >= 4 is 22.7 Å². The number of hydrogen-bond donors (Lipinski definition) is 1. The number of aromatic nitrogens is 1. The summed E-state index contributed by atoms with van der Waals surface area (Å²) in [5, 5.41) is 7.53. The highest BCUT2D eigenvalue weighted by Gasteiger charge is 2.16. The summed E-state index contributed by atoms with van der Waals surface area (Å²) in [5.41, 5.74) is 4.33. The zero-order valence-electron chi connectivity index (χ0n) is 8.15. The van der Waals surface area contributed by atoms with Crippen molar-refractivity contribution in [3.05, 3.63) is 38.5 Å². The van der Waals surface area contributed by atoms with Crippen LogP contribution in [0.5, 0.6) is 0 Å². The third-order valence-corrected chi connectivity index (χ3v) is 3.89. The van der Waals surface area contributed by atoms with Crippen LogP contribution >= 0.6 is 22.7 Å². The van der Waals surface area contributed by atoms with E-state index in [0.29, 0.717) is 0 Å². The number of rotatable bonds is 3. The fourth-order valence-corrected chi connectivity index (χ4v) is 3.09. The molecule has 1 unspecified atom stereocenters. The lowest BCUT2D eigenvalue weighted by Crippen LogP contribution is -2.17. The van der Waals surface area contributed by atoms with Crippen LogP contribution < -0.4 is 5.32 Å². The first-order valence-corrected chi connectivity index (χ1v) is 6.24. The Labute approximate surface area is 91.6 Å². The van der Waals surface area contributed by atoms with Gasteiger partial charge in [0, 0.05) is 10.3 Å². The fraction of sp³-hybridized carbons (Fsp3) is 0.300. The summed E-state index contributed by atoms with van der Waals surface area (Å²) in [6.07, 6.45) is 0. The largest absolute Gasteiger partial charge is 0.307 e. The molecule has 1 N–H and O–H groups in total. The lowest BCUT2D eigenvalue weighted by molar-refractivity contribution is 0.683. The Bertz CT molecular complexity index is 392. The Kier molecular flexibility index (Phi) is 2.96. The van der Waals surface area contributed by atoms with Crippen molar-refractivity contribution in [1.82, 2.24) is 10.3 Å². The van der Waals surface area contributed by atoms with Gasteiger partial charge in [-0.2, -0.15) is 0 Å². The van der Waals surface area contributed by atoms with Gasteiger partial charge in [0.2, 0.25) is 0 Å². The topological polar surface area (TPSA) is 24.9 Å². The Morgan fingerprint density at radius 2 is 2.36 bits per heavy atom. The highest BCUT2D eigenvalue weighted by Crippen LogP contribution is 2.28. The van der Waals surface area contributed by atoms with Crippen molar-refractivity contribution in [2.24, 2.45) is 0 Å². The molecule has 2 aromatic rings. The Morgan fingerprint density at radius 3 is 2.86 bits per heavy atom. The number of aryl methyl sites for hydroxylation is 1. The van der Waals surface area contributed by atoms with Gasteiger partial charge in [0.25, 0.3) is 0 Å². The van der Waals surface area contributed by atoms with Crippen LogP contribution in [0, 0.1) is 6.92 Å². The van der Waals surface area contributed by atoms with E-state index >= 15 is 0 Å². The van der Waals surface area contributed by atoms with Crippen LogP contribution in [0.1, 0.15) is 22.2 Å². The van der Waals surface area contributed by atoms with Crippen LogP contribution in [-0.2, 0) is 0 Å². The molecule has 0 radical (unpaired) electrons. The van der Waals surface area contributed by atoms with E-state index in [4.69, 9.17) is 0 Å². The van der Waals surface area contributed by atoms with E-state index in [9.17, 15) is 0 Å². The molecule has 0 aliphatic rings. The van der Waals surface area contributed by atoms with Gasteiger partial charge in [-0.25, -0.2) is 4.98 Å². The average Bonchev–Trinajstić information content (AvgIpc) is 2.80. The number of thiazole rings is 1. The van der Waals surface area contributed by atoms with Crippen LogP contribution in [-0.4, -0.2) is 12.0 Å². The van der Waals surface area contributed by atoms with E-state index < -0.39 is 0 Å². The normalized spacial score (nSPS) is 13.0. The third kappa shape index (κ3) is 1.73. The van der Waals surface area contributed by atoms with Crippen molar-refractivity contribution in [2.45, 2.75) is 13.0 Å². The summed E-state index contributed by atoms with van der Waals surface area (Å²) < 4.78 is 0. The predicted molar refractivity (Wildman–Crippen MR) is 62.1 cm³/mol. The molecule has 4 heteroatoms. The van der Waals surface area contributed by atoms with E-state index in [1.165, 1.54) is 10.4 Å². The summed E-state index contributed by atoms with van der Waals surface area (Å²) in [5.74, 6) is 0. The lowest BCUT2D eigenvalue weighted by atomic mass is 10.1. The molecule has 0 aliphatic heterocycles. The molecule has 0 spiro atoms. The lowest BCUT2D eigenvalue weighted by Gasteiger charge is -2.12. The van der Waals surface area contributed by atoms with Gasteiger partial charge in [-0.05, 0) is 31.0 Å². The molecule has 0 bridgehead atoms. The standard InChI is InChI=1S/C10H12N2S2/c1-7-3-4-14-10(7)9(11-2)8-5-13-6-12-8/h3-6,9,11H,1-2H3. The molecule has 0 fully saturated rings. The van der Waals surface area contributed by atoms with Crippen molar-refractivity contribution in [3.63, 3.8) is 0 Å². The van der Waals surface area contributed by atoms with Crippen molar-refractivity contribution < 1.29 is 0 Å². The molecule has 1 atom stereocenters. The minimum absolute atomic E-state index is 0.251. The van der Waals surface area contributed by atoms with Gasteiger partial charge < -0.3 is 5.32 Å². The molecule has 14 heavy (non-hydrogen) atoms. The second kappa shape index (κ2) is 4.21. The summed E-state index contributed by atoms with van der Waals surface area (Å²) in [6.45, 7) is 2.14. The monoisotopic (exact) mass is 224 g/mol. The first kappa shape index (κ1) is 9.83. The Morgan fingerprint density at radius 1 is 1.50 bits per heavy atom. The Balaban J connectivity index is 2.36. The molecule has 74 valence electrons. The summed E-state index contributed by atoms with van der Waals surface area (Å²) in [7, 11) is 1.98. The molecular formula is C10H12N2S2.